The predicted octanol–water partition coefficient (Wildman–Crippen LogP) is 2.21. The van der Waals surface area contributed by atoms with Crippen LogP contribution in [0.1, 0.15) is 15.9 Å². The molecule has 7 nitrogen and oxygen atoms in total. The lowest BCUT2D eigenvalue weighted by molar-refractivity contribution is 0.0785. The van der Waals surface area contributed by atoms with Gasteiger partial charge >= 0.3 is 0 Å². The van der Waals surface area contributed by atoms with E-state index in [1.54, 1.807) is 37.2 Å². The van der Waals surface area contributed by atoms with Crippen LogP contribution in [0.3, 0.4) is 0 Å². The van der Waals surface area contributed by atoms with Gasteiger partial charge in [0.25, 0.3) is 11.5 Å². The normalized spacial score (nSPS) is 11.2. The number of nitrogens with zero attached hydrogens (tertiary/aromatic N) is 5. The molecule has 0 aliphatic rings. The Kier molecular flexibility index (Phi) is 3.96. The molecule has 4 rings (SSSR count). The topological polar surface area (TPSA) is 81.0 Å². The Balaban J connectivity index is 1.60. The minimum Gasteiger partial charge on any atom is -0.337 e. The summed E-state index contributed by atoms with van der Waals surface area (Å²) in [5.41, 5.74) is 3.55. The molecule has 0 spiro atoms. The summed E-state index contributed by atoms with van der Waals surface area (Å²) in [6.07, 6.45) is 1.46. The van der Waals surface area contributed by atoms with Crippen molar-refractivity contribution in [2.24, 2.45) is 7.05 Å². The van der Waals surface area contributed by atoms with Gasteiger partial charge in [0.2, 0.25) is 0 Å². The largest absolute Gasteiger partial charge is 0.337 e. The van der Waals surface area contributed by atoms with Crippen LogP contribution >= 0.6 is 11.7 Å². The van der Waals surface area contributed by atoms with Gasteiger partial charge < -0.3 is 9.47 Å². The summed E-state index contributed by atoms with van der Waals surface area (Å²) in [5.74, 6) is -0.133. The van der Waals surface area contributed by atoms with Crippen molar-refractivity contribution in [3.8, 4) is 0 Å². The monoisotopic (exact) mass is 365 g/mol. The van der Waals surface area contributed by atoms with Crippen LogP contribution in [0.25, 0.3) is 21.9 Å². The number of hydrogen-bond acceptors (Lipinski definition) is 6. The van der Waals surface area contributed by atoms with E-state index in [1.807, 2.05) is 18.2 Å². The van der Waals surface area contributed by atoms with Crippen LogP contribution in [0.5, 0.6) is 0 Å². The van der Waals surface area contributed by atoms with E-state index < -0.39 is 0 Å². The van der Waals surface area contributed by atoms with Crippen molar-refractivity contribution >= 4 is 39.6 Å². The van der Waals surface area contributed by atoms with Crippen LogP contribution in [-0.2, 0) is 13.6 Å². The molecule has 0 unspecified atom stereocenters. The Hall–Kier alpha value is -3.13. The number of amides is 1. The van der Waals surface area contributed by atoms with Gasteiger partial charge in [-0.05, 0) is 35.9 Å². The molecule has 2 aromatic heterocycles. The standard InChI is InChI=1S/C18H15N5O2S/c1-22(9-11-3-6-14-16(7-11)21-26-20-14)17(24)12-4-5-13-15(8-12)19-10-23(2)18(13)25/h3-8,10H,9H2,1-2H3. The van der Waals surface area contributed by atoms with E-state index in [4.69, 9.17) is 0 Å². The summed E-state index contributed by atoms with van der Waals surface area (Å²) in [6.45, 7) is 0.453. The van der Waals surface area contributed by atoms with Crippen molar-refractivity contribution < 1.29 is 4.79 Å². The van der Waals surface area contributed by atoms with E-state index in [0.717, 1.165) is 16.6 Å². The van der Waals surface area contributed by atoms with E-state index in [-0.39, 0.29) is 11.5 Å². The van der Waals surface area contributed by atoms with Crippen molar-refractivity contribution in [3.05, 3.63) is 64.2 Å². The van der Waals surface area contributed by atoms with Gasteiger partial charge in [0, 0.05) is 26.2 Å². The fourth-order valence-electron chi connectivity index (χ4n) is 2.84. The molecule has 8 heteroatoms. The van der Waals surface area contributed by atoms with Gasteiger partial charge in [-0.15, -0.1) is 0 Å². The van der Waals surface area contributed by atoms with Crippen LogP contribution in [0.4, 0.5) is 0 Å². The molecule has 0 aliphatic carbocycles. The molecule has 2 heterocycles. The van der Waals surface area contributed by atoms with Gasteiger partial charge in [0.05, 0.1) is 29.0 Å². The Labute approximate surface area is 152 Å². The maximum absolute atomic E-state index is 12.7. The summed E-state index contributed by atoms with van der Waals surface area (Å²) in [7, 11) is 3.39. The second-order valence-electron chi connectivity index (χ2n) is 6.14. The van der Waals surface area contributed by atoms with Crippen molar-refractivity contribution in [1.29, 1.82) is 0 Å². The summed E-state index contributed by atoms with van der Waals surface area (Å²) in [5, 5.41) is 0.496. The molecule has 1 amide bonds. The molecule has 2 aromatic carbocycles. The fraction of sp³-hybridized carbons (Fsp3) is 0.167. The van der Waals surface area contributed by atoms with Gasteiger partial charge in [-0.25, -0.2) is 4.98 Å². The molecular formula is C18H15N5O2S. The molecule has 0 aliphatic heterocycles. The van der Waals surface area contributed by atoms with Gasteiger partial charge in [-0.2, -0.15) is 8.75 Å². The first-order valence-electron chi connectivity index (χ1n) is 7.95. The first-order chi connectivity index (χ1) is 12.5. The van der Waals surface area contributed by atoms with Gasteiger partial charge in [-0.3, -0.25) is 9.59 Å². The Morgan fingerprint density at radius 2 is 1.92 bits per heavy atom. The molecule has 0 radical (unpaired) electrons. The Morgan fingerprint density at radius 3 is 2.77 bits per heavy atom. The van der Waals surface area contributed by atoms with E-state index >= 15 is 0 Å². The van der Waals surface area contributed by atoms with Crippen molar-refractivity contribution in [2.75, 3.05) is 7.05 Å². The van der Waals surface area contributed by atoms with E-state index in [1.165, 1.54) is 22.6 Å². The number of carbonyl (C=O) groups excluding carboxylic acids is 1. The van der Waals surface area contributed by atoms with Crippen LogP contribution in [0.2, 0.25) is 0 Å². The zero-order chi connectivity index (χ0) is 18.3. The van der Waals surface area contributed by atoms with Crippen LogP contribution in [-0.4, -0.2) is 36.2 Å². The zero-order valence-electron chi connectivity index (χ0n) is 14.2. The highest BCUT2D eigenvalue weighted by atomic mass is 32.1. The summed E-state index contributed by atoms with van der Waals surface area (Å²) >= 11 is 1.17. The molecule has 26 heavy (non-hydrogen) atoms. The molecule has 0 bridgehead atoms. The first-order valence-corrected chi connectivity index (χ1v) is 8.68. The SMILES string of the molecule is CN(Cc1ccc2nsnc2c1)C(=O)c1ccc2c(=O)n(C)cnc2c1. The molecule has 0 atom stereocenters. The van der Waals surface area contributed by atoms with E-state index in [2.05, 4.69) is 13.7 Å². The predicted molar refractivity (Wildman–Crippen MR) is 100 cm³/mol. The minimum absolute atomic E-state index is 0.132. The molecule has 0 saturated heterocycles. The Morgan fingerprint density at radius 1 is 1.12 bits per heavy atom. The summed E-state index contributed by atoms with van der Waals surface area (Å²) in [4.78, 5) is 30.7. The minimum atomic E-state index is -0.133. The van der Waals surface area contributed by atoms with Gasteiger partial charge in [-0.1, -0.05) is 6.07 Å². The molecular weight excluding hydrogens is 350 g/mol. The molecule has 0 N–H and O–H groups in total. The van der Waals surface area contributed by atoms with Crippen LogP contribution in [0, 0.1) is 0 Å². The lowest BCUT2D eigenvalue weighted by Crippen LogP contribution is -2.26. The number of carbonyl (C=O) groups is 1. The molecule has 0 saturated carbocycles. The lowest BCUT2D eigenvalue weighted by Gasteiger charge is -2.17. The van der Waals surface area contributed by atoms with Crippen LogP contribution < -0.4 is 5.56 Å². The quantitative estimate of drug-likeness (QED) is 0.556. The summed E-state index contributed by atoms with van der Waals surface area (Å²) in [6, 6.07) is 10.8. The maximum atomic E-state index is 12.7. The third-order valence-electron chi connectivity index (χ3n) is 4.25. The second kappa shape index (κ2) is 6.30. The fourth-order valence-corrected chi connectivity index (χ4v) is 3.35. The first kappa shape index (κ1) is 16.3. The average Bonchev–Trinajstić information content (AvgIpc) is 3.11. The highest BCUT2D eigenvalue weighted by Gasteiger charge is 2.14. The molecule has 130 valence electrons. The van der Waals surface area contributed by atoms with Crippen molar-refractivity contribution in [3.63, 3.8) is 0 Å². The second-order valence-corrected chi connectivity index (χ2v) is 6.67. The van der Waals surface area contributed by atoms with E-state index in [0.29, 0.717) is 23.0 Å². The van der Waals surface area contributed by atoms with Crippen LogP contribution in [0.15, 0.2) is 47.5 Å². The lowest BCUT2D eigenvalue weighted by atomic mass is 10.1. The van der Waals surface area contributed by atoms with E-state index in [9.17, 15) is 9.59 Å². The highest BCUT2D eigenvalue weighted by Crippen LogP contribution is 2.17. The number of rotatable bonds is 3. The molecule has 4 aromatic rings. The third kappa shape index (κ3) is 2.84. The maximum Gasteiger partial charge on any atom is 0.260 e. The zero-order valence-corrected chi connectivity index (χ0v) is 15.0. The molecule has 0 fully saturated rings. The number of fused-ring (bicyclic) bond motifs is 2. The Bertz CT molecular complexity index is 1200. The van der Waals surface area contributed by atoms with Crippen molar-refractivity contribution in [2.45, 2.75) is 6.54 Å². The number of hydrogen-bond donors (Lipinski definition) is 0. The highest BCUT2D eigenvalue weighted by molar-refractivity contribution is 7.00. The third-order valence-corrected chi connectivity index (χ3v) is 4.81. The van der Waals surface area contributed by atoms with Crippen molar-refractivity contribution in [1.82, 2.24) is 23.2 Å². The average molecular weight is 365 g/mol. The number of aryl methyl sites for hydroxylation is 1. The van der Waals surface area contributed by atoms with Gasteiger partial charge in [0.1, 0.15) is 11.0 Å². The summed E-state index contributed by atoms with van der Waals surface area (Å²) < 4.78 is 9.82. The van der Waals surface area contributed by atoms with Gasteiger partial charge in [0.15, 0.2) is 0 Å². The smallest absolute Gasteiger partial charge is 0.260 e. The number of aromatic nitrogens is 4. The number of benzene rings is 2.